The molecule has 2 rings (SSSR count). The van der Waals surface area contributed by atoms with E-state index in [1.807, 2.05) is 39.0 Å². The third kappa shape index (κ3) is 3.53. The van der Waals surface area contributed by atoms with Crippen LogP contribution >= 0.6 is 0 Å². The van der Waals surface area contributed by atoms with Crippen LogP contribution in [0, 0.1) is 6.92 Å². The molecule has 0 saturated carbocycles. The Bertz CT molecular complexity index is 838. The van der Waals surface area contributed by atoms with Gasteiger partial charge in [0.05, 0.1) is 11.1 Å². The van der Waals surface area contributed by atoms with Crippen molar-refractivity contribution in [2.75, 3.05) is 7.05 Å². The molecule has 132 valence electrons. The average molecular weight is 339 g/mol. The van der Waals surface area contributed by atoms with Gasteiger partial charge >= 0.3 is 0 Å². The Kier molecular flexibility index (Phi) is 5.52. The molecule has 2 aromatic carbocycles. The molecule has 0 heterocycles. The molecule has 0 aliphatic heterocycles. The largest absolute Gasteiger partial charge is 0.507 e. The monoisotopic (exact) mass is 339 g/mol. The van der Waals surface area contributed by atoms with Crippen molar-refractivity contribution in [1.29, 1.82) is 0 Å². The standard InChI is InChI=1S/C21H25NO3/c1-6-7-14-11-17(23)19(20(24)18(14)21(25)22-5)16-10-13(4)8-9-15(16)12(2)3/h8-11,23-24H,2,6-7H2,1,3-5H3,(H,22,25). The van der Waals surface area contributed by atoms with Gasteiger partial charge in [0.2, 0.25) is 0 Å². The quantitative estimate of drug-likeness (QED) is 0.755. The van der Waals surface area contributed by atoms with Crippen LogP contribution in [0.5, 0.6) is 11.5 Å². The van der Waals surface area contributed by atoms with Gasteiger partial charge in [0.15, 0.2) is 0 Å². The Morgan fingerprint density at radius 2 is 1.92 bits per heavy atom. The van der Waals surface area contributed by atoms with Crippen molar-refractivity contribution in [2.45, 2.75) is 33.6 Å². The summed E-state index contributed by atoms with van der Waals surface area (Å²) < 4.78 is 0. The number of aromatic hydroxyl groups is 2. The summed E-state index contributed by atoms with van der Waals surface area (Å²) in [5, 5.41) is 24.1. The van der Waals surface area contributed by atoms with Gasteiger partial charge in [-0.15, -0.1) is 0 Å². The van der Waals surface area contributed by atoms with E-state index in [0.717, 1.165) is 23.1 Å². The number of phenolic OH excluding ortho intramolecular Hbond substituents is 2. The van der Waals surface area contributed by atoms with Crippen LogP contribution in [-0.4, -0.2) is 23.2 Å². The summed E-state index contributed by atoms with van der Waals surface area (Å²) in [7, 11) is 1.52. The lowest BCUT2D eigenvalue weighted by Gasteiger charge is -2.18. The molecular weight excluding hydrogens is 314 g/mol. The van der Waals surface area contributed by atoms with Gasteiger partial charge in [-0.25, -0.2) is 0 Å². The van der Waals surface area contributed by atoms with E-state index in [9.17, 15) is 15.0 Å². The second kappa shape index (κ2) is 7.43. The van der Waals surface area contributed by atoms with E-state index >= 15 is 0 Å². The first kappa shape index (κ1) is 18.6. The van der Waals surface area contributed by atoms with Crippen molar-refractivity contribution in [3.63, 3.8) is 0 Å². The fourth-order valence-corrected chi connectivity index (χ4v) is 3.06. The van der Waals surface area contributed by atoms with Gasteiger partial charge in [0.1, 0.15) is 11.5 Å². The molecule has 4 nitrogen and oxygen atoms in total. The summed E-state index contributed by atoms with van der Waals surface area (Å²) in [6.45, 7) is 9.76. The van der Waals surface area contributed by atoms with E-state index in [1.54, 1.807) is 6.07 Å². The SMILES string of the molecule is C=C(C)c1ccc(C)cc1-c1c(O)cc(CCC)c(C(=O)NC)c1O. The maximum atomic E-state index is 12.3. The lowest BCUT2D eigenvalue weighted by Crippen LogP contribution is -2.20. The number of aryl methyl sites for hydroxylation is 2. The smallest absolute Gasteiger partial charge is 0.255 e. The van der Waals surface area contributed by atoms with Crippen molar-refractivity contribution in [1.82, 2.24) is 5.32 Å². The average Bonchev–Trinajstić information content (AvgIpc) is 2.54. The van der Waals surface area contributed by atoms with Crippen LogP contribution in [0.1, 0.15) is 47.3 Å². The normalized spacial score (nSPS) is 10.6. The number of benzene rings is 2. The number of nitrogens with one attached hydrogen (secondary N) is 1. The zero-order valence-corrected chi connectivity index (χ0v) is 15.2. The molecule has 0 aliphatic carbocycles. The molecule has 0 unspecified atom stereocenters. The second-order valence-corrected chi connectivity index (χ2v) is 6.31. The summed E-state index contributed by atoms with van der Waals surface area (Å²) in [6, 6.07) is 7.32. The van der Waals surface area contributed by atoms with Gasteiger partial charge in [-0.3, -0.25) is 4.79 Å². The number of allylic oxidation sites excluding steroid dienone is 1. The second-order valence-electron chi connectivity index (χ2n) is 6.31. The fourth-order valence-electron chi connectivity index (χ4n) is 3.06. The first-order valence-corrected chi connectivity index (χ1v) is 8.38. The van der Waals surface area contributed by atoms with Crippen LogP contribution in [0.4, 0.5) is 0 Å². The van der Waals surface area contributed by atoms with Gasteiger partial charge in [-0.1, -0.05) is 49.3 Å². The van der Waals surface area contributed by atoms with Crippen LogP contribution < -0.4 is 5.32 Å². The van der Waals surface area contributed by atoms with E-state index < -0.39 is 0 Å². The Morgan fingerprint density at radius 3 is 2.48 bits per heavy atom. The molecule has 4 heteroatoms. The summed E-state index contributed by atoms with van der Waals surface area (Å²) in [5.41, 5.74) is 4.39. The zero-order valence-electron chi connectivity index (χ0n) is 15.2. The van der Waals surface area contributed by atoms with Crippen molar-refractivity contribution in [3.8, 4) is 22.6 Å². The number of amides is 1. The van der Waals surface area contributed by atoms with Crippen molar-refractivity contribution in [3.05, 3.63) is 53.1 Å². The lowest BCUT2D eigenvalue weighted by molar-refractivity contribution is 0.0959. The molecule has 0 radical (unpaired) electrons. The first-order valence-electron chi connectivity index (χ1n) is 8.38. The van der Waals surface area contributed by atoms with Crippen LogP contribution in [0.15, 0.2) is 30.8 Å². The third-order valence-electron chi connectivity index (χ3n) is 4.24. The molecule has 0 spiro atoms. The molecule has 2 aromatic rings. The maximum absolute atomic E-state index is 12.3. The van der Waals surface area contributed by atoms with E-state index in [4.69, 9.17) is 0 Å². The molecule has 1 amide bonds. The van der Waals surface area contributed by atoms with Gasteiger partial charge in [0.25, 0.3) is 5.91 Å². The lowest BCUT2D eigenvalue weighted by atomic mass is 9.89. The van der Waals surface area contributed by atoms with Crippen LogP contribution in [0.2, 0.25) is 0 Å². The highest BCUT2D eigenvalue weighted by Gasteiger charge is 2.24. The molecule has 0 fully saturated rings. The number of phenols is 2. The van der Waals surface area contributed by atoms with Crippen molar-refractivity contribution in [2.24, 2.45) is 0 Å². The number of carbonyl (C=O) groups excluding carboxylic acids is 1. The van der Waals surface area contributed by atoms with E-state index in [0.29, 0.717) is 17.5 Å². The molecule has 0 aromatic heterocycles. The molecule has 0 aliphatic rings. The van der Waals surface area contributed by atoms with Gasteiger partial charge < -0.3 is 15.5 Å². The topological polar surface area (TPSA) is 69.6 Å². The number of hydrogen-bond donors (Lipinski definition) is 3. The van der Waals surface area contributed by atoms with E-state index in [1.165, 1.54) is 7.05 Å². The highest BCUT2D eigenvalue weighted by atomic mass is 16.3. The van der Waals surface area contributed by atoms with Gasteiger partial charge in [0, 0.05) is 7.05 Å². The molecule has 0 bridgehead atoms. The van der Waals surface area contributed by atoms with Crippen molar-refractivity contribution < 1.29 is 15.0 Å². The highest BCUT2D eigenvalue weighted by molar-refractivity contribution is 6.02. The molecule has 0 saturated heterocycles. The highest BCUT2D eigenvalue weighted by Crippen LogP contribution is 2.44. The number of carbonyl (C=O) groups is 1. The molecular formula is C21H25NO3. The van der Waals surface area contributed by atoms with Gasteiger partial charge in [-0.2, -0.15) is 0 Å². The van der Waals surface area contributed by atoms with Crippen molar-refractivity contribution >= 4 is 11.5 Å². The molecule has 0 atom stereocenters. The number of hydrogen-bond acceptors (Lipinski definition) is 3. The zero-order chi connectivity index (χ0) is 18.7. The maximum Gasteiger partial charge on any atom is 0.255 e. The summed E-state index contributed by atoms with van der Waals surface area (Å²) >= 11 is 0. The first-order chi connectivity index (χ1) is 11.8. The predicted molar refractivity (Wildman–Crippen MR) is 102 cm³/mol. The summed E-state index contributed by atoms with van der Waals surface area (Å²) in [4.78, 5) is 12.3. The Hall–Kier alpha value is -2.75. The minimum absolute atomic E-state index is 0.0401. The van der Waals surface area contributed by atoms with E-state index in [-0.39, 0.29) is 28.5 Å². The minimum atomic E-state index is -0.369. The Balaban J connectivity index is 2.86. The van der Waals surface area contributed by atoms with Crippen LogP contribution in [-0.2, 0) is 6.42 Å². The minimum Gasteiger partial charge on any atom is -0.507 e. The summed E-state index contributed by atoms with van der Waals surface area (Å²) in [6.07, 6.45) is 1.38. The van der Waals surface area contributed by atoms with Crippen LogP contribution in [0.3, 0.4) is 0 Å². The molecule has 3 N–H and O–H groups in total. The predicted octanol–water partition coefficient (Wildman–Crippen LogP) is 4.42. The summed E-state index contributed by atoms with van der Waals surface area (Å²) in [5.74, 6) is -0.607. The Morgan fingerprint density at radius 1 is 1.24 bits per heavy atom. The Labute approximate surface area is 148 Å². The fraction of sp³-hybridized carbons (Fsp3) is 0.286. The van der Waals surface area contributed by atoms with Crippen LogP contribution in [0.25, 0.3) is 16.7 Å². The third-order valence-corrected chi connectivity index (χ3v) is 4.24. The van der Waals surface area contributed by atoms with E-state index in [2.05, 4.69) is 11.9 Å². The number of rotatable bonds is 5. The molecule has 25 heavy (non-hydrogen) atoms. The van der Waals surface area contributed by atoms with Gasteiger partial charge in [-0.05, 0) is 43.0 Å².